The lowest BCUT2D eigenvalue weighted by atomic mass is 9.97. The molecule has 0 aliphatic carbocycles. The largest absolute Gasteiger partial charge is 0.466 e. The number of hydrogen-bond donors (Lipinski definition) is 2. The highest BCUT2D eigenvalue weighted by molar-refractivity contribution is 5.97. The summed E-state index contributed by atoms with van der Waals surface area (Å²) in [4.78, 5) is 38.7. The van der Waals surface area contributed by atoms with Crippen molar-refractivity contribution in [3.05, 3.63) is 30.1 Å². The quantitative estimate of drug-likeness (QED) is 0.700. The van der Waals surface area contributed by atoms with E-state index in [0.29, 0.717) is 5.56 Å². The van der Waals surface area contributed by atoms with Crippen LogP contribution in [0.25, 0.3) is 0 Å². The number of pyridine rings is 1. The van der Waals surface area contributed by atoms with Crippen LogP contribution in [0.15, 0.2) is 24.5 Å². The molecule has 0 radical (unpaired) electrons. The summed E-state index contributed by atoms with van der Waals surface area (Å²) in [5.41, 5.74) is 5.66. The third-order valence-electron chi connectivity index (χ3n) is 2.90. The molecule has 1 rings (SSSR count). The molecule has 1 heterocycles. The minimum Gasteiger partial charge on any atom is -0.466 e. The molecule has 0 saturated heterocycles. The Balaban J connectivity index is 2.71. The number of aromatic nitrogens is 1. The Kier molecular flexibility index (Phi) is 6.32. The van der Waals surface area contributed by atoms with Crippen molar-refractivity contribution in [2.75, 3.05) is 6.61 Å². The van der Waals surface area contributed by atoms with Crippen molar-refractivity contribution in [3.63, 3.8) is 0 Å². The number of primary amides is 1. The lowest BCUT2D eigenvalue weighted by Crippen LogP contribution is -2.49. The molecule has 1 aromatic heterocycles. The molecule has 3 N–H and O–H groups in total. The number of carbonyl (C=O) groups is 3. The van der Waals surface area contributed by atoms with Crippen LogP contribution in [-0.2, 0) is 14.3 Å². The van der Waals surface area contributed by atoms with E-state index < -0.39 is 29.7 Å². The second-order valence-electron chi connectivity index (χ2n) is 4.58. The lowest BCUT2D eigenvalue weighted by Gasteiger charge is -2.21. The topological polar surface area (TPSA) is 111 Å². The van der Waals surface area contributed by atoms with Crippen molar-refractivity contribution in [2.24, 2.45) is 11.7 Å². The van der Waals surface area contributed by atoms with E-state index in [1.165, 1.54) is 24.5 Å². The van der Waals surface area contributed by atoms with Crippen LogP contribution in [-0.4, -0.2) is 35.4 Å². The van der Waals surface area contributed by atoms with E-state index in [4.69, 9.17) is 10.5 Å². The van der Waals surface area contributed by atoms with E-state index in [9.17, 15) is 14.4 Å². The van der Waals surface area contributed by atoms with E-state index in [1.54, 1.807) is 13.8 Å². The van der Waals surface area contributed by atoms with Gasteiger partial charge in [-0.3, -0.25) is 19.4 Å². The molecule has 7 nitrogen and oxygen atoms in total. The van der Waals surface area contributed by atoms with E-state index in [0.717, 1.165) is 0 Å². The van der Waals surface area contributed by atoms with Crippen molar-refractivity contribution in [1.29, 1.82) is 0 Å². The van der Waals surface area contributed by atoms with E-state index in [-0.39, 0.29) is 13.0 Å². The van der Waals surface area contributed by atoms with Crippen LogP contribution in [0.5, 0.6) is 0 Å². The van der Waals surface area contributed by atoms with Crippen LogP contribution in [0.4, 0.5) is 0 Å². The molecule has 0 aliphatic rings. The van der Waals surface area contributed by atoms with Gasteiger partial charge in [0.25, 0.3) is 5.91 Å². The van der Waals surface area contributed by atoms with Gasteiger partial charge in [-0.15, -0.1) is 0 Å². The molecule has 0 fully saturated rings. The molecule has 0 saturated carbocycles. The van der Waals surface area contributed by atoms with Gasteiger partial charge in [0.2, 0.25) is 5.91 Å². The van der Waals surface area contributed by atoms with Crippen molar-refractivity contribution in [1.82, 2.24) is 10.3 Å². The Morgan fingerprint density at radius 2 is 1.95 bits per heavy atom. The van der Waals surface area contributed by atoms with Crippen LogP contribution < -0.4 is 11.1 Å². The smallest absolute Gasteiger partial charge is 0.306 e. The van der Waals surface area contributed by atoms with E-state index in [2.05, 4.69) is 10.3 Å². The van der Waals surface area contributed by atoms with Crippen LogP contribution in [0.3, 0.4) is 0 Å². The molecule has 114 valence electrons. The monoisotopic (exact) mass is 293 g/mol. The van der Waals surface area contributed by atoms with Gasteiger partial charge in [0.15, 0.2) is 0 Å². The Hall–Kier alpha value is -2.44. The van der Waals surface area contributed by atoms with Gasteiger partial charge in [0.05, 0.1) is 13.0 Å². The Morgan fingerprint density at radius 3 is 2.48 bits per heavy atom. The number of nitrogens with one attached hydrogen (secondary N) is 1. The maximum absolute atomic E-state index is 12.0. The van der Waals surface area contributed by atoms with Gasteiger partial charge < -0.3 is 15.8 Å². The number of rotatable bonds is 7. The van der Waals surface area contributed by atoms with Gasteiger partial charge in [-0.2, -0.15) is 0 Å². The van der Waals surface area contributed by atoms with Crippen molar-refractivity contribution in [2.45, 2.75) is 26.3 Å². The number of amides is 2. The molecule has 7 heteroatoms. The Labute approximate surface area is 122 Å². The van der Waals surface area contributed by atoms with Gasteiger partial charge in [-0.1, -0.05) is 6.92 Å². The van der Waals surface area contributed by atoms with Gasteiger partial charge in [-0.05, 0) is 25.0 Å². The third kappa shape index (κ3) is 5.21. The summed E-state index contributed by atoms with van der Waals surface area (Å²) in [6.45, 7) is 3.61. The fraction of sp³-hybridized carbons (Fsp3) is 0.429. The predicted octanol–water partition coefficient (Wildman–Crippen LogP) is 0.255. The van der Waals surface area contributed by atoms with Crippen molar-refractivity contribution in [3.8, 4) is 0 Å². The summed E-state index contributed by atoms with van der Waals surface area (Å²) in [6.07, 6.45) is 2.94. The Bertz CT molecular complexity index is 504. The van der Waals surface area contributed by atoms with Crippen LogP contribution >= 0.6 is 0 Å². The Morgan fingerprint density at radius 1 is 1.33 bits per heavy atom. The number of nitrogens with two attached hydrogens (primary N) is 1. The minimum atomic E-state index is -0.949. The molecule has 0 spiro atoms. The second kappa shape index (κ2) is 7.98. The summed E-state index contributed by atoms with van der Waals surface area (Å²) in [5, 5.41) is 2.53. The summed E-state index contributed by atoms with van der Waals surface area (Å²) < 4.78 is 4.82. The number of carbonyl (C=O) groups excluding carboxylic acids is 3. The average molecular weight is 293 g/mol. The standard InChI is InChI=1S/C14H19N3O4/c1-3-21-11(18)8-9(2)12(13(15)19)17-14(20)10-4-6-16-7-5-10/h4-7,9,12H,3,8H2,1-2H3,(H2,15,19)(H,17,20)/t9-,12+/m0/s1. The van der Waals surface area contributed by atoms with Gasteiger partial charge in [0, 0.05) is 18.0 Å². The number of esters is 1. The fourth-order valence-corrected chi connectivity index (χ4v) is 1.82. The first-order valence-electron chi connectivity index (χ1n) is 6.61. The highest BCUT2D eigenvalue weighted by Gasteiger charge is 2.27. The zero-order valence-electron chi connectivity index (χ0n) is 12.0. The maximum atomic E-state index is 12.0. The van der Waals surface area contributed by atoms with Crippen LogP contribution in [0, 0.1) is 5.92 Å². The lowest BCUT2D eigenvalue weighted by molar-refractivity contribution is -0.144. The molecular formula is C14H19N3O4. The molecule has 0 aliphatic heterocycles. The summed E-state index contributed by atoms with van der Waals surface area (Å²) >= 11 is 0. The highest BCUT2D eigenvalue weighted by Crippen LogP contribution is 2.10. The van der Waals surface area contributed by atoms with Gasteiger partial charge in [0.1, 0.15) is 6.04 Å². The molecule has 2 atom stereocenters. The first kappa shape index (κ1) is 16.6. The van der Waals surface area contributed by atoms with E-state index >= 15 is 0 Å². The third-order valence-corrected chi connectivity index (χ3v) is 2.90. The molecule has 0 bridgehead atoms. The fourth-order valence-electron chi connectivity index (χ4n) is 1.82. The molecule has 0 unspecified atom stereocenters. The molecule has 0 aromatic carbocycles. The van der Waals surface area contributed by atoms with Crippen LogP contribution in [0.2, 0.25) is 0 Å². The van der Waals surface area contributed by atoms with Crippen molar-refractivity contribution >= 4 is 17.8 Å². The zero-order chi connectivity index (χ0) is 15.8. The minimum absolute atomic E-state index is 0.00191. The maximum Gasteiger partial charge on any atom is 0.306 e. The summed E-state index contributed by atoms with van der Waals surface area (Å²) in [7, 11) is 0. The second-order valence-corrected chi connectivity index (χ2v) is 4.58. The van der Waals surface area contributed by atoms with Gasteiger partial charge >= 0.3 is 5.97 Å². The number of hydrogen-bond acceptors (Lipinski definition) is 5. The highest BCUT2D eigenvalue weighted by atomic mass is 16.5. The number of nitrogens with zero attached hydrogens (tertiary/aromatic N) is 1. The first-order valence-corrected chi connectivity index (χ1v) is 6.61. The van der Waals surface area contributed by atoms with E-state index in [1.807, 2.05) is 0 Å². The summed E-state index contributed by atoms with van der Waals surface area (Å²) in [5.74, 6) is -2.05. The van der Waals surface area contributed by atoms with Crippen molar-refractivity contribution < 1.29 is 19.1 Å². The molecule has 2 amide bonds. The summed E-state index contributed by atoms with van der Waals surface area (Å²) in [6, 6.07) is 2.09. The normalized spacial score (nSPS) is 13.0. The molecule has 21 heavy (non-hydrogen) atoms. The predicted molar refractivity (Wildman–Crippen MR) is 75.1 cm³/mol. The van der Waals surface area contributed by atoms with Gasteiger partial charge in [-0.25, -0.2) is 0 Å². The molecule has 1 aromatic rings. The van der Waals surface area contributed by atoms with Crippen LogP contribution in [0.1, 0.15) is 30.6 Å². The SMILES string of the molecule is CCOC(=O)C[C@H](C)[C@@H](NC(=O)c1ccncc1)C(N)=O. The zero-order valence-corrected chi connectivity index (χ0v) is 12.0. The number of ether oxygens (including phenoxy) is 1. The average Bonchev–Trinajstić information content (AvgIpc) is 2.45. The first-order chi connectivity index (χ1) is 9.95. The molecular weight excluding hydrogens is 274 g/mol.